The normalized spacial score (nSPS) is 10.3. The van der Waals surface area contributed by atoms with Crippen LogP contribution in [0, 0.1) is 0 Å². The number of aryl methyl sites for hydroxylation is 1. The zero-order chi connectivity index (χ0) is 13.0. The number of nitrogen functional groups attached to an aromatic ring is 2. The molecule has 0 aliphatic heterocycles. The van der Waals surface area contributed by atoms with Gasteiger partial charge in [0.2, 0.25) is 5.95 Å². The van der Waals surface area contributed by atoms with Crippen LogP contribution in [0.4, 0.5) is 17.6 Å². The van der Waals surface area contributed by atoms with Crippen molar-refractivity contribution in [2.75, 3.05) is 16.8 Å². The molecule has 0 aromatic carbocycles. The fourth-order valence-corrected chi connectivity index (χ4v) is 1.70. The number of hydrogen-bond acceptors (Lipinski definition) is 6. The zero-order valence-corrected chi connectivity index (χ0v) is 10.2. The van der Waals surface area contributed by atoms with Gasteiger partial charge in [-0.2, -0.15) is 9.97 Å². The zero-order valence-electron chi connectivity index (χ0n) is 10.2. The second-order valence-corrected chi connectivity index (χ2v) is 3.85. The molecule has 6 nitrogen and oxygen atoms in total. The Morgan fingerprint density at radius 2 is 2.11 bits per heavy atom. The first-order valence-corrected chi connectivity index (χ1v) is 5.75. The molecule has 2 aromatic rings. The van der Waals surface area contributed by atoms with Crippen molar-refractivity contribution >= 4 is 17.6 Å². The van der Waals surface area contributed by atoms with E-state index in [2.05, 4.69) is 33.3 Å². The maximum Gasteiger partial charge on any atom is 0.223 e. The molecule has 0 bridgehead atoms. The molecule has 2 rings (SSSR count). The van der Waals surface area contributed by atoms with E-state index < -0.39 is 0 Å². The number of nitrogens with one attached hydrogen (secondary N) is 1. The van der Waals surface area contributed by atoms with E-state index in [1.165, 1.54) is 5.56 Å². The van der Waals surface area contributed by atoms with Crippen molar-refractivity contribution in [2.24, 2.45) is 0 Å². The van der Waals surface area contributed by atoms with Crippen molar-refractivity contribution in [2.45, 2.75) is 19.9 Å². The summed E-state index contributed by atoms with van der Waals surface area (Å²) in [6.45, 7) is 2.68. The Kier molecular flexibility index (Phi) is 3.57. The Balaban J connectivity index is 2.11. The number of anilines is 3. The minimum atomic E-state index is 0.161. The molecule has 0 aliphatic rings. The number of rotatable bonds is 4. The molecule has 2 heterocycles. The Morgan fingerprint density at radius 1 is 1.28 bits per heavy atom. The summed E-state index contributed by atoms with van der Waals surface area (Å²) in [6.07, 6.45) is 2.72. The van der Waals surface area contributed by atoms with E-state index >= 15 is 0 Å². The molecule has 0 spiro atoms. The third-order valence-corrected chi connectivity index (χ3v) is 2.57. The monoisotopic (exact) mass is 244 g/mol. The highest BCUT2D eigenvalue weighted by atomic mass is 15.1. The van der Waals surface area contributed by atoms with Crippen LogP contribution in [0.5, 0.6) is 0 Å². The Bertz CT molecular complexity index is 520. The van der Waals surface area contributed by atoms with Crippen LogP contribution in [0.1, 0.15) is 18.2 Å². The minimum Gasteiger partial charge on any atom is -0.383 e. The van der Waals surface area contributed by atoms with Crippen LogP contribution in [-0.4, -0.2) is 15.0 Å². The second kappa shape index (κ2) is 5.31. The molecule has 0 aliphatic carbocycles. The number of nitrogens with zero attached hydrogens (tertiary/aromatic N) is 3. The first kappa shape index (κ1) is 12.1. The lowest BCUT2D eigenvalue weighted by Gasteiger charge is -2.09. The molecular weight excluding hydrogens is 228 g/mol. The van der Waals surface area contributed by atoms with Crippen LogP contribution in [0.3, 0.4) is 0 Å². The summed E-state index contributed by atoms with van der Waals surface area (Å²) in [5.41, 5.74) is 13.3. The molecule has 2 aromatic heterocycles. The molecule has 0 radical (unpaired) electrons. The van der Waals surface area contributed by atoms with Crippen LogP contribution in [0.15, 0.2) is 24.4 Å². The van der Waals surface area contributed by atoms with Gasteiger partial charge in [0.15, 0.2) is 0 Å². The molecule has 5 N–H and O–H groups in total. The van der Waals surface area contributed by atoms with Crippen LogP contribution in [-0.2, 0) is 13.0 Å². The Morgan fingerprint density at radius 3 is 2.83 bits per heavy atom. The Hall–Kier alpha value is -2.37. The summed E-state index contributed by atoms with van der Waals surface area (Å²) < 4.78 is 0. The van der Waals surface area contributed by atoms with Crippen molar-refractivity contribution < 1.29 is 0 Å². The number of aromatic nitrogens is 3. The molecule has 0 amide bonds. The SMILES string of the molecule is CCc1cccnc1CNc1cc(N)nc(N)n1. The van der Waals surface area contributed by atoms with Gasteiger partial charge < -0.3 is 16.8 Å². The fraction of sp³-hybridized carbons (Fsp3) is 0.250. The maximum atomic E-state index is 5.60. The van der Waals surface area contributed by atoms with Crippen molar-refractivity contribution in [3.8, 4) is 0 Å². The van der Waals surface area contributed by atoms with Crippen LogP contribution < -0.4 is 16.8 Å². The minimum absolute atomic E-state index is 0.161. The molecule has 94 valence electrons. The van der Waals surface area contributed by atoms with Gasteiger partial charge in [0.05, 0.1) is 12.2 Å². The predicted octanol–water partition coefficient (Wildman–Crippen LogP) is 1.21. The summed E-state index contributed by atoms with van der Waals surface area (Å²) in [6, 6.07) is 5.64. The second-order valence-electron chi connectivity index (χ2n) is 3.85. The molecule has 0 saturated carbocycles. The van der Waals surface area contributed by atoms with Crippen molar-refractivity contribution in [1.29, 1.82) is 0 Å². The Labute approximate surface area is 105 Å². The van der Waals surface area contributed by atoms with Crippen molar-refractivity contribution in [1.82, 2.24) is 15.0 Å². The topological polar surface area (TPSA) is 103 Å². The van der Waals surface area contributed by atoms with E-state index in [9.17, 15) is 0 Å². The van der Waals surface area contributed by atoms with Gasteiger partial charge >= 0.3 is 0 Å². The standard InChI is InChI=1S/C12H16N6/c1-2-8-4-3-5-15-9(8)7-16-11-6-10(13)17-12(14)18-11/h3-6H,2,7H2,1H3,(H5,13,14,16,17,18). The van der Waals surface area contributed by atoms with Gasteiger partial charge in [-0.25, -0.2) is 0 Å². The fourth-order valence-electron chi connectivity index (χ4n) is 1.70. The van der Waals surface area contributed by atoms with Crippen molar-refractivity contribution in [3.05, 3.63) is 35.7 Å². The summed E-state index contributed by atoms with van der Waals surface area (Å²) in [4.78, 5) is 12.2. The van der Waals surface area contributed by atoms with E-state index in [4.69, 9.17) is 11.5 Å². The summed E-state index contributed by atoms with van der Waals surface area (Å²) in [5.74, 6) is 1.11. The highest BCUT2D eigenvalue weighted by Crippen LogP contribution is 2.12. The highest BCUT2D eigenvalue weighted by Gasteiger charge is 2.03. The van der Waals surface area contributed by atoms with E-state index in [0.29, 0.717) is 18.2 Å². The quantitative estimate of drug-likeness (QED) is 0.747. The van der Waals surface area contributed by atoms with E-state index in [-0.39, 0.29) is 5.95 Å². The van der Waals surface area contributed by atoms with Gasteiger partial charge in [-0.05, 0) is 18.1 Å². The van der Waals surface area contributed by atoms with Gasteiger partial charge in [-0.15, -0.1) is 0 Å². The third kappa shape index (κ3) is 2.85. The maximum absolute atomic E-state index is 5.60. The molecule has 0 atom stereocenters. The van der Waals surface area contributed by atoms with Gasteiger partial charge in [-0.1, -0.05) is 13.0 Å². The lowest BCUT2D eigenvalue weighted by atomic mass is 10.1. The highest BCUT2D eigenvalue weighted by molar-refractivity contribution is 5.48. The van der Waals surface area contributed by atoms with Gasteiger partial charge in [-0.3, -0.25) is 4.98 Å². The lowest BCUT2D eigenvalue weighted by Crippen LogP contribution is -2.08. The molecule has 0 saturated heterocycles. The molecule has 0 fully saturated rings. The van der Waals surface area contributed by atoms with Crippen molar-refractivity contribution in [3.63, 3.8) is 0 Å². The number of nitrogens with two attached hydrogens (primary N) is 2. The van der Waals surface area contributed by atoms with Gasteiger partial charge in [0.25, 0.3) is 0 Å². The number of pyridine rings is 1. The summed E-state index contributed by atoms with van der Waals surface area (Å²) in [5, 5.41) is 3.14. The van der Waals surface area contributed by atoms with Gasteiger partial charge in [0.1, 0.15) is 11.6 Å². The van der Waals surface area contributed by atoms with E-state index in [1.807, 2.05) is 6.07 Å². The molecule has 18 heavy (non-hydrogen) atoms. The first-order chi connectivity index (χ1) is 8.69. The van der Waals surface area contributed by atoms with E-state index in [0.717, 1.165) is 12.1 Å². The molecule has 6 heteroatoms. The van der Waals surface area contributed by atoms with Crippen LogP contribution >= 0.6 is 0 Å². The van der Waals surface area contributed by atoms with Crippen LogP contribution in [0.2, 0.25) is 0 Å². The molecule has 0 unspecified atom stereocenters. The third-order valence-electron chi connectivity index (χ3n) is 2.57. The average Bonchev–Trinajstić information content (AvgIpc) is 2.35. The number of hydrogen-bond donors (Lipinski definition) is 3. The smallest absolute Gasteiger partial charge is 0.223 e. The lowest BCUT2D eigenvalue weighted by molar-refractivity contribution is 0.963. The first-order valence-electron chi connectivity index (χ1n) is 5.75. The summed E-state index contributed by atoms with van der Waals surface area (Å²) in [7, 11) is 0. The van der Waals surface area contributed by atoms with E-state index in [1.54, 1.807) is 12.3 Å². The van der Waals surface area contributed by atoms with Crippen LogP contribution in [0.25, 0.3) is 0 Å². The predicted molar refractivity (Wildman–Crippen MR) is 71.8 cm³/mol. The summed E-state index contributed by atoms with van der Waals surface area (Å²) >= 11 is 0. The van der Waals surface area contributed by atoms with Gasteiger partial charge in [0, 0.05) is 12.3 Å². The largest absolute Gasteiger partial charge is 0.383 e. The molecular formula is C12H16N6. The average molecular weight is 244 g/mol.